The summed E-state index contributed by atoms with van der Waals surface area (Å²) < 4.78 is 0. The van der Waals surface area contributed by atoms with Crippen molar-refractivity contribution in [2.24, 2.45) is 5.73 Å². The number of para-hydroxylation sites is 2. The molecular formula is C10H13N3O2. The van der Waals surface area contributed by atoms with Gasteiger partial charge in [-0.05, 0) is 12.1 Å². The fraction of sp³-hybridized carbons (Fsp3) is 0.300. The summed E-state index contributed by atoms with van der Waals surface area (Å²) in [5, 5.41) is 14.7. The first-order chi connectivity index (χ1) is 7.09. The van der Waals surface area contributed by atoms with Gasteiger partial charge in [0.25, 0.3) is 0 Å². The molecule has 0 saturated carbocycles. The summed E-state index contributed by atoms with van der Waals surface area (Å²) in [6.07, 6.45) is 0.363. The van der Waals surface area contributed by atoms with E-state index in [9.17, 15) is 4.79 Å². The Morgan fingerprint density at radius 3 is 2.33 bits per heavy atom. The van der Waals surface area contributed by atoms with Crippen LogP contribution >= 0.6 is 0 Å². The van der Waals surface area contributed by atoms with Gasteiger partial charge in [0, 0.05) is 6.42 Å². The number of carboxylic acids is 1. The quantitative estimate of drug-likeness (QED) is 0.594. The fourth-order valence-electron chi connectivity index (χ4n) is 1.64. The van der Waals surface area contributed by atoms with Gasteiger partial charge in [0.1, 0.15) is 0 Å². The molecule has 0 amide bonds. The van der Waals surface area contributed by atoms with Gasteiger partial charge in [-0.25, -0.2) is 0 Å². The van der Waals surface area contributed by atoms with Crippen molar-refractivity contribution in [1.29, 1.82) is 0 Å². The second kappa shape index (κ2) is 3.43. The molecule has 1 aromatic rings. The Labute approximate surface area is 87.3 Å². The number of aliphatic carboxylic acids is 1. The summed E-state index contributed by atoms with van der Waals surface area (Å²) >= 11 is 0. The van der Waals surface area contributed by atoms with Crippen LogP contribution in [0.5, 0.6) is 0 Å². The van der Waals surface area contributed by atoms with E-state index in [2.05, 4.69) is 10.6 Å². The molecule has 5 N–H and O–H groups in total. The highest BCUT2D eigenvalue weighted by molar-refractivity contribution is 5.76. The number of hydrogen-bond acceptors (Lipinski definition) is 4. The van der Waals surface area contributed by atoms with Gasteiger partial charge in [0.2, 0.25) is 0 Å². The average Bonchev–Trinajstić information content (AvgIpc) is 2.52. The van der Waals surface area contributed by atoms with Crippen molar-refractivity contribution in [3.63, 3.8) is 0 Å². The molecule has 0 radical (unpaired) electrons. The van der Waals surface area contributed by atoms with Crippen molar-refractivity contribution >= 4 is 17.3 Å². The van der Waals surface area contributed by atoms with E-state index in [0.29, 0.717) is 6.42 Å². The van der Waals surface area contributed by atoms with Gasteiger partial charge in [0.05, 0.1) is 17.8 Å². The Kier molecular flexibility index (Phi) is 2.24. The molecule has 0 atom stereocenters. The lowest BCUT2D eigenvalue weighted by molar-refractivity contribution is -0.137. The highest BCUT2D eigenvalue weighted by atomic mass is 16.4. The predicted octanol–water partition coefficient (Wildman–Crippen LogP) is 1.00. The van der Waals surface area contributed by atoms with Crippen molar-refractivity contribution in [2.75, 3.05) is 10.6 Å². The summed E-state index contributed by atoms with van der Waals surface area (Å²) in [4.78, 5) is 10.5. The second-order valence-corrected chi connectivity index (χ2v) is 3.66. The minimum Gasteiger partial charge on any atom is -0.481 e. The van der Waals surface area contributed by atoms with Gasteiger partial charge in [-0.15, -0.1) is 0 Å². The zero-order valence-electron chi connectivity index (χ0n) is 8.16. The van der Waals surface area contributed by atoms with E-state index in [1.807, 2.05) is 24.3 Å². The van der Waals surface area contributed by atoms with Crippen molar-refractivity contribution < 1.29 is 9.90 Å². The number of hydrogen-bond donors (Lipinski definition) is 4. The third kappa shape index (κ3) is 2.02. The Morgan fingerprint density at radius 1 is 1.33 bits per heavy atom. The lowest BCUT2D eigenvalue weighted by Gasteiger charge is -2.24. The van der Waals surface area contributed by atoms with E-state index in [0.717, 1.165) is 11.4 Å². The molecule has 1 aromatic carbocycles. The van der Waals surface area contributed by atoms with E-state index in [1.165, 1.54) is 0 Å². The van der Waals surface area contributed by atoms with Crippen LogP contribution in [0.4, 0.5) is 11.4 Å². The summed E-state index contributed by atoms with van der Waals surface area (Å²) in [5.74, 6) is -1.69. The largest absolute Gasteiger partial charge is 0.481 e. The number of nitrogens with one attached hydrogen (secondary N) is 2. The van der Waals surface area contributed by atoms with Crippen molar-refractivity contribution in [1.82, 2.24) is 0 Å². The van der Waals surface area contributed by atoms with E-state index in [4.69, 9.17) is 10.8 Å². The first kappa shape index (κ1) is 9.79. The maximum atomic E-state index is 10.5. The van der Waals surface area contributed by atoms with Gasteiger partial charge in [0.15, 0.2) is 5.79 Å². The number of rotatable bonds is 3. The third-order valence-corrected chi connectivity index (χ3v) is 2.38. The summed E-state index contributed by atoms with van der Waals surface area (Å²) in [6, 6.07) is 7.60. The molecule has 0 aromatic heterocycles. The maximum Gasteiger partial charge on any atom is 0.303 e. The maximum absolute atomic E-state index is 10.5. The van der Waals surface area contributed by atoms with Crippen molar-refractivity contribution in [3.8, 4) is 0 Å². The first-order valence-corrected chi connectivity index (χ1v) is 4.75. The minimum absolute atomic E-state index is 0.0322. The van der Waals surface area contributed by atoms with Gasteiger partial charge >= 0.3 is 5.97 Å². The lowest BCUT2D eigenvalue weighted by atomic mass is 10.2. The molecule has 2 rings (SSSR count). The molecule has 5 nitrogen and oxygen atoms in total. The number of benzene rings is 1. The zero-order chi connectivity index (χ0) is 10.9. The number of anilines is 2. The Balaban J connectivity index is 2.07. The average molecular weight is 207 g/mol. The van der Waals surface area contributed by atoms with Crippen LogP contribution in [0.2, 0.25) is 0 Å². The molecule has 0 unspecified atom stereocenters. The monoisotopic (exact) mass is 207 g/mol. The van der Waals surface area contributed by atoms with Gasteiger partial charge in [-0.1, -0.05) is 12.1 Å². The van der Waals surface area contributed by atoms with Gasteiger partial charge in [-0.2, -0.15) is 0 Å². The zero-order valence-corrected chi connectivity index (χ0v) is 8.16. The number of fused-ring (bicyclic) bond motifs is 1. The summed E-state index contributed by atoms with van der Waals surface area (Å²) in [6.45, 7) is 0. The van der Waals surface area contributed by atoms with Crippen LogP contribution in [0.15, 0.2) is 24.3 Å². The van der Waals surface area contributed by atoms with Crippen LogP contribution in [0.25, 0.3) is 0 Å². The molecule has 80 valence electrons. The molecular weight excluding hydrogens is 194 g/mol. The normalized spacial score (nSPS) is 16.3. The molecule has 1 aliphatic heterocycles. The molecule has 0 bridgehead atoms. The van der Waals surface area contributed by atoms with E-state index < -0.39 is 11.8 Å². The highest BCUT2D eigenvalue weighted by Gasteiger charge is 2.31. The molecule has 5 heteroatoms. The summed E-state index contributed by atoms with van der Waals surface area (Å²) in [7, 11) is 0. The molecule has 1 aliphatic rings. The smallest absolute Gasteiger partial charge is 0.303 e. The standard InChI is InChI=1S/C10H13N3O2/c11-10(6-5-9(14)15)12-7-3-1-2-4-8(7)13-10/h1-4,12-13H,5-6,11H2,(H,14,15). The molecule has 0 spiro atoms. The number of carbonyl (C=O) groups is 1. The van der Waals surface area contributed by atoms with Gasteiger partial charge in [-0.3, -0.25) is 10.5 Å². The van der Waals surface area contributed by atoms with E-state index in [-0.39, 0.29) is 6.42 Å². The summed E-state index contributed by atoms with van der Waals surface area (Å²) in [5.41, 5.74) is 7.79. The Bertz CT molecular complexity index is 367. The van der Waals surface area contributed by atoms with Crippen LogP contribution in [0.3, 0.4) is 0 Å². The number of carboxylic acid groups (broad SMARTS) is 1. The molecule has 15 heavy (non-hydrogen) atoms. The topological polar surface area (TPSA) is 87.4 Å². The van der Waals surface area contributed by atoms with Gasteiger partial charge < -0.3 is 15.7 Å². The fourth-order valence-corrected chi connectivity index (χ4v) is 1.64. The molecule has 0 aliphatic carbocycles. The molecule has 0 fully saturated rings. The van der Waals surface area contributed by atoms with E-state index in [1.54, 1.807) is 0 Å². The van der Waals surface area contributed by atoms with Crippen molar-refractivity contribution in [3.05, 3.63) is 24.3 Å². The lowest BCUT2D eigenvalue weighted by Crippen LogP contribution is -2.51. The van der Waals surface area contributed by atoms with Crippen LogP contribution in [-0.4, -0.2) is 16.9 Å². The molecule has 1 heterocycles. The number of nitrogens with two attached hydrogens (primary N) is 1. The first-order valence-electron chi connectivity index (χ1n) is 4.75. The van der Waals surface area contributed by atoms with Crippen LogP contribution < -0.4 is 16.4 Å². The van der Waals surface area contributed by atoms with E-state index >= 15 is 0 Å². The van der Waals surface area contributed by atoms with Crippen LogP contribution in [0, 0.1) is 0 Å². The SMILES string of the molecule is NC1(CCC(=O)O)Nc2ccccc2N1. The Hall–Kier alpha value is -1.75. The predicted molar refractivity (Wildman–Crippen MR) is 57.5 cm³/mol. The van der Waals surface area contributed by atoms with Crippen molar-refractivity contribution in [2.45, 2.75) is 18.6 Å². The third-order valence-electron chi connectivity index (χ3n) is 2.38. The van der Waals surface area contributed by atoms with Crippen LogP contribution in [0.1, 0.15) is 12.8 Å². The minimum atomic E-state index is -0.848. The Morgan fingerprint density at radius 2 is 1.87 bits per heavy atom. The van der Waals surface area contributed by atoms with Crippen LogP contribution in [-0.2, 0) is 4.79 Å². The molecule has 0 saturated heterocycles. The highest BCUT2D eigenvalue weighted by Crippen LogP contribution is 2.32. The second-order valence-electron chi connectivity index (χ2n) is 3.66.